The van der Waals surface area contributed by atoms with Crippen LogP contribution >= 0.6 is 22.9 Å². The SMILES string of the molecule is CN(C)S(=O)(=O)c1ccccc1CNC(=O)COC(=O)c1ccc(-c2ccc(Cl)cc2)s1. The zero-order valence-electron chi connectivity index (χ0n) is 17.4. The monoisotopic (exact) mass is 492 g/mol. The van der Waals surface area contributed by atoms with Gasteiger partial charge >= 0.3 is 5.97 Å². The van der Waals surface area contributed by atoms with Crippen LogP contribution in [0.25, 0.3) is 10.4 Å². The van der Waals surface area contributed by atoms with Crippen molar-refractivity contribution in [3.63, 3.8) is 0 Å². The number of hydrogen-bond donors (Lipinski definition) is 1. The molecule has 1 heterocycles. The maximum absolute atomic E-state index is 12.4. The van der Waals surface area contributed by atoms with Crippen molar-refractivity contribution in [2.75, 3.05) is 20.7 Å². The number of carbonyl (C=O) groups excluding carboxylic acids is 2. The Bertz CT molecular complexity index is 1220. The summed E-state index contributed by atoms with van der Waals surface area (Å²) in [6.45, 7) is -0.491. The van der Waals surface area contributed by atoms with Gasteiger partial charge in [-0.3, -0.25) is 4.79 Å². The molecule has 0 aliphatic carbocycles. The van der Waals surface area contributed by atoms with Crippen LogP contribution < -0.4 is 5.32 Å². The van der Waals surface area contributed by atoms with E-state index in [1.54, 1.807) is 42.5 Å². The number of sulfonamides is 1. The van der Waals surface area contributed by atoms with Gasteiger partial charge < -0.3 is 10.1 Å². The van der Waals surface area contributed by atoms with E-state index < -0.39 is 28.5 Å². The smallest absolute Gasteiger partial charge is 0.348 e. The summed E-state index contributed by atoms with van der Waals surface area (Å²) in [5.41, 5.74) is 1.36. The van der Waals surface area contributed by atoms with Crippen LogP contribution in [0.4, 0.5) is 0 Å². The molecule has 0 atom stereocenters. The van der Waals surface area contributed by atoms with E-state index in [1.165, 1.54) is 31.5 Å². The molecule has 0 saturated carbocycles. The first-order valence-corrected chi connectivity index (χ1v) is 12.1. The molecule has 1 amide bonds. The van der Waals surface area contributed by atoms with Crippen LogP contribution in [-0.4, -0.2) is 45.3 Å². The number of esters is 1. The van der Waals surface area contributed by atoms with E-state index in [1.807, 2.05) is 12.1 Å². The molecule has 3 rings (SSSR count). The van der Waals surface area contributed by atoms with E-state index in [9.17, 15) is 18.0 Å². The maximum Gasteiger partial charge on any atom is 0.348 e. The van der Waals surface area contributed by atoms with Gasteiger partial charge in [-0.2, -0.15) is 0 Å². The molecule has 1 N–H and O–H groups in total. The fourth-order valence-corrected chi connectivity index (χ4v) is 4.91. The predicted molar refractivity (Wildman–Crippen MR) is 124 cm³/mol. The number of hydrogen-bond acceptors (Lipinski definition) is 6. The molecule has 1 aromatic heterocycles. The van der Waals surface area contributed by atoms with Crippen molar-refractivity contribution >= 4 is 44.8 Å². The fraction of sp³-hybridized carbons (Fsp3) is 0.182. The Morgan fingerprint density at radius 1 is 1.03 bits per heavy atom. The average Bonchev–Trinajstić information content (AvgIpc) is 3.27. The number of nitrogens with zero attached hydrogens (tertiary/aromatic N) is 1. The minimum atomic E-state index is -3.65. The van der Waals surface area contributed by atoms with Gasteiger partial charge in [0.25, 0.3) is 5.91 Å². The Labute approximate surface area is 195 Å². The van der Waals surface area contributed by atoms with Gasteiger partial charge in [0.2, 0.25) is 10.0 Å². The molecule has 0 bridgehead atoms. The summed E-state index contributed by atoms with van der Waals surface area (Å²) in [6.07, 6.45) is 0. The summed E-state index contributed by atoms with van der Waals surface area (Å²) in [4.78, 5) is 25.8. The summed E-state index contributed by atoms with van der Waals surface area (Å²) in [7, 11) is -0.774. The quantitative estimate of drug-likeness (QED) is 0.483. The van der Waals surface area contributed by atoms with E-state index in [0.29, 0.717) is 15.5 Å². The third-order valence-electron chi connectivity index (χ3n) is 4.48. The van der Waals surface area contributed by atoms with Gasteiger partial charge in [0.05, 0.1) is 4.90 Å². The molecule has 0 radical (unpaired) electrons. The molecule has 168 valence electrons. The van der Waals surface area contributed by atoms with Crippen molar-refractivity contribution < 1.29 is 22.7 Å². The van der Waals surface area contributed by atoms with Gasteiger partial charge in [0.1, 0.15) is 4.88 Å². The highest BCUT2D eigenvalue weighted by Gasteiger charge is 2.21. The van der Waals surface area contributed by atoms with Crippen molar-refractivity contribution in [1.29, 1.82) is 0 Å². The highest BCUT2D eigenvalue weighted by molar-refractivity contribution is 7.89. The average molecular weight is 493 g/mol. The third-order valence-corrected chi connectivity index (χ3v) is 7.76. The van der Waals surface area contributed by atoms with Gasteiger partial charge in [0.15, 0.2) is 6.61 Å². The predicted octanol–water partition coefficient (Wildman–Crippen LogP) is 3.79. The zero-order valence-corrected chi connectivity index (χ0v) is 19.8. The number of rotatable bonds is 8. The molecule has 0 spiro atoms. The van der Waals surface area contributed by atoms with Crippen LogP contribution in [0.3, 0.4) is 0 Å². The number of amides is 1. The number of benzene rings is 2. The van der Waals surface area contributed by atoms with Gasteiger partial charge in [-0.25, -0.2) is 17.5 Å². The second-order valence-corrected chi connectivity index (χ2v) is 10.6. The number of halogens is 1. The van der Waals surface area contributed by atoms with Crippen LogP contribution in [0.5, 0.6) is 0 Å². The van der Waals surface area contributed by atoms with Crippen LogP contribution in [0.1, 0.15) is 15.2 Å². The molecular formula is C22H21ClN2O5S2. The number of ether oxygens (including phenoxy) is 1. The van der Waals surface area contributed by atoms with Gasteiger partial charge in [-0.15, -0.1) is 11.3 Å². The normalized spacial score (nSPS) is 11.4. The lowest BCUT2D eigenvalue weighted by Gasteiger charge is -2.15. The van der Waals surface area contributed by atoms with E-state index in [4.69, 9.17) is 16.3 Å². The lowest BCUT2D eigenvalue weighted by Crippen LogP contribution is -2.30. The molecule has 0 saturated heterocycles. The topological polar surface area (TPSA) is 92.8 Å². The van der Waals surface area contributed by atoms with Gasteiger partial charge in [-0.1, -0.05) is 41.9 Å². The van der Waals surface area contributed by atoms with Crippen molar-refractivity contribution in [3.05, 3.63) is 76.1 Å². The Morgan fingerprint density at radius 2 is 1.72 bits per heavy atom. The molecule has 0 unspecified atom stereocenters. The van der Waals surface area contributed by atoms with E-state index >= 15 is 0 Å². The fourth-order valence-electron chi connectivity index (χ4n) is 2.76. The molecule has 0 aliphatic rings. The molecule has 7 nitrogen and oxygen atoms in total. The van der Waals surface area contributed by atoms with Crippen molar-refractivity contribution in [2.45, 2.75) is 11.4 Å². The lowest BCUT2D eigenvalue weighted by molar-refractivity contribution is -0.124. The molecule has 3 aromatic rings. The number of nitrogens with one attached hydrogen (secondary N) is 1. The van der Waals surface area contributed by atoms with Gasteiger partial charge in [-0.05, 0) is 41.5 Å². The van der Waals surface area contributed by atoms with Crippen molar-refractivity contribution in [3.8, 4) is 10.4 Å². The summed E-state index contributed by atoms with van der Waals surface area (Å²) in [5, 5.41) is 3.21. The van der Waals surface area contributed by atoms with Crippen LogP contribution in [-0.2, 0) is 26.1 Å². The van der Waals surface area contributed by atoms with Crippen LogP contribution in [0.15, 0.2) is 65.6 Å². The maximum atomic E-state index is 12.4. The first-order valence-electron chi connectivity index (χ1n) is 9.48. The second-order valence-electron chi connectivity index (χ2n) is 6.92. The van der Waals surface area contributed by atoms with Crippen molar-refractivity contribution in [1.82, 2.24) is 9.62 Å². The molecular weight excluding hydrogens is 472 g/mol. The Morgan fingerprint density at radius 3 is 2.41 bits per heavy atom. The zero-order chi connectivity index (χ0) is 23.3. The van der Waals surface area contributed by atoms with E-state index in [2.05, 4.69) is 5.32 Å². The Hall–Kier alpha value is -2.72. The first kappa shape index (κ1) is 23.9. The second kappa shape index (κ2) is 10.3. The largest absolute Gasteiger partial charge is 0.451 e. The summed E-state index contributed by atoms with van der Waals surface area (Å²) >= 11 is 7.14. The molecule has 10 heteroatoms. The third kappa shape index (κ3) is 5.74. The minimum absolute atomic E-state index is 0.0145. The summed E-state index contributed by atoms with van der Waals surface area (Å²) in [5.74, 6) is -1.15. The van der Waals surface area contributed by atoms with Crippen LogP contribution in [0, 0.1) is 0 Å². The van der Waals surface area contributed by atoms with Gasteiger partial charge in [0, 0.05) is 30.5 Å². The molecule has 0 aliphatic heterocycles. The molecule has 2 aromatic carbocycles. The first-order chi connectivity index (χ1) is 15.2. The Kier molecular flexibility index (Phi) is 7.68. The lowest BCUT2D eigenvalue weighted by atomic mass is 10.2. The number of thiophene rings is 1. The molecule has 32 heavy (non-hydrogen) atoms. The standard InChI is InChI=1S/C22H21ClN2O5S2/c1-25(2)32(28,29)20-6-4-3-5-16(20)13-24-21(26)14-30-22(27)19-12-11-18(31-19)15-7-9-17(23)10-8-15/h3-12H,13-14H2,1-2H3,(H,24,26). The van der Waals surface area contributed by atoms with Crippen LogP contribution in [0.2, 0.25) is 5.02 Å². The highest BCUT2D eigenvalue weighted by Crippen LogP contribution is 2.29. The number of carbonyl (C=O) groups is 2. The molecule has 0 fully saturated rings. The summed E-state index contributed by atoms with van der Waals surface area (Å²) in [6, 6.07) is 17.1. The highest BCUT2D eigenvalue weighted by atomic mass is 35.5. The van der Waals surface area contributed by atoms with E-state index in [0.717, 1.165) is 14.7 Å². The van der Waals surface area contributed by atoms with E-state index in [-0.39, 0.29) is 11.4 Å². The summed E-state index contributed by atoms with van der Waals surface area (Å²) < 4.78 is 31.1. The Balaban J connectivity index is 1.56. The minimum Gasteiger partial charge on any atom is -0.451 e. The van der Waals surface area contributed by atoms with Crippen molar-refractivity contribution in [2.24, 2.45) is 0 Å².